The number of benzene rings is 1. The van der Waals surface area contributed by atoms with E-state index in [0.29, 0.717) is 31.6 Å². The van der Waals surface area contributed by atoms with Crippen LogP contribution >= 0.6 is 0 Å². The third-order valence-corrected chi connectivity index (χ3v) is 8.93. The number of piperidine rings is 1. The van der Waals surface area contributed by atoms with Crippen LogP contribution in [0.15, 0.2) is 60.5 Å². The molecule has 1 spiro atoms. The minimum absolute atomic E-state index is 0.0276. The number of nitrogens with zero attached hydrogens (tertiary/aromatic N) is 2. The number of β-amino-alcohol motifs (C(OH)–C–C–N with tert-alkyl or cyclic N) is 1. The molecule has 3 fully saturated rings. The van der Waals surface area contributed by atoms with E-state index in [4.69, 9.17) is 4.74 Å². The SMILES string of the molecule is C=C1C=C(c2ccccc2)C(C(=O)NC)=CN1CC1(O)CCN(C(=O)COC2CCC2)CC12CCCC2. The molecular formula is C30H39N3O4. The van der Waals surface area contributed by atoms with E-state index in [9.17, 15) is 14.7 Å². The minimum Gasteiger partial charge on any atom is -0.387 e. The van der Waals surface area contributed by atoms with Crippen LogP contribution in [0.2, 0.25) is 0 Å². The van der Waals surface area contributed by atoms with Gasteiger partial charge in [-0.05, 0) is 55.7 Å². The van der Waals surface area contributed by atoms with Crippen LogP contribution in [0.1, 0.15) is 56.9 Å². The highest BCUT2D eigenvalue weighted by molar-refractivity contribution is 6.09. The number of hydrogen-bond donors (Lipinski definition) is 2. The molecule has 2 aliphatic carbocycles. The summed E-state index contributed by atoms with van der Waals surface area (Å²) in [5.41, 5.74) is 1.67. The molecule has 2 aliphatic heterocycles. The Kier molecular flexibility index (Phi) is 7.28. The van der Waals surface area contributed by atoms with E-state index in [1.807, 2.05) is 52.4 Å². The molecule has 198 valence electrons. The zero-order valence-electron chi connectivity index (χ0n) is 21.9. The van der Waals surface area contributed by atoms with Crippen molar-refractivity contribution >= 4 is 17.4 Å². The number of likely N-dealkylation sites (tertiary alicyclic amines) is 1. The van der Waals surface area contributed by atoms with Crippen LogP contribution in [0.4, 0.5) is 0 Å². The zero-order valence-corrected chi connectivity index (χ0v) is 21.9. The maximum Gasteiger partial charge on any atom is 0.253 e. The second kappa shape index (κ2) is 10.5. The van der Waals surface area contributed by atoms with Gasteiger partial charge in [-0.2, -0.15) is 0 Å². The second-order valence-electron chi connectivity index (χ2n) is 11.1. The topological polar surface area (TPSA) is 82.1 Å². The molecule has 5 rings (SSSR count). The highest BCUT2D eigenvalue weighted by Crippen LogP contribution is 2.52. The lowest BCUT2D eigenvalue weighted by molar-refractivity contribution is -0.164. The number of hydrogen-bond acceptors (Lipinski definition) is 5. The van der Waals surface area contributed by atoms with Gasteiger partial charge >= 0.3 is 0 Å². The molecule has 0 radical (unpaired) electrons. The predicted octanol–water partition coefficient (Wildman–Crippen LogP) is 3.62. The van der Waals surface area contributed by atoms with Gasteiger partial charge in [-0.3, -0.25) is 9.59 Å². The van der Waals surface area contributed by atoms with Crippen molar-refractivity contribution in [1.82, 2.24) is 15.1 Å². The average molecular weight is 506 g/mol. The lowest BCUT2D eigenvalue weighted by Gasteiger charge is -2.53. The van der Waals surface area contributed by atoms with E-state index < -0.39 is 5.60 Å². The Balaban J connectivity index is 1.35. The molecule has 1 atom stereocenters. The number of likely N-dealkylation sites (N-methyl/N-ethyl adjacent to an activating group) is 1. The third-order valence-electron chi connectivity index (χ3n) is 8.93. The van der Waals surface area contributed by atoms with Gasteiger partial charge in [-0.25, -0.2) is 0 Å². The number of ether oxygens (including phenoxy) is 1. The van der Waals surface area contributed by atoms with E-state index in [1.54, 1.807) is 7.05 Å². The van der Waals surface area contributed by atoms with Crippen LogP contribution in [-0.4, -0.2) is 71.7 Å². The number of carbonyl (C=O) groups is 2. The highest BCUT2D eigenvalue weighted by atomic mass is 16.5. The molecule has 1 aromatic carbocycles. The van der Waals surface area contributed by atoms with Gasteiger partial charge in [0, 0.05) is 37.4 Å². The van der Waals surface area contributed by atoms with Crippen LogP contribution in [0, 0.1) is 5.41 Å². The van der Waals surface area contributed by atoms with Crippen molar-refractivity contribution in [2.75, 3.05) is 33.3 Å². The van der Waals surface area contributed by atoms with Gasteiger partial charge in [-0.15, -0.1) is 0 Å². The van der Waals surface area contributed by atoms with Crippen LogP contribution < -0.4 is 5.32 Å². The van der Waals surface area contributed by atoms with Crippen molar-refractivity contribution in [1.29, 1.82) is 0 Å². The zero-order chi connectivity index (χ0) is 26.0. The summed E-state index contributed by atoms with van der Waals surface area (Å²) in [5, 5.41) is 15.0. The van der Waals surface area contributed by atoms with E-state index in [0.717, 1.165) is 55.4 Å². The summed E-state index contributed by atoms with van der Waals surface area (Å²) >= 11 is 0. The Labute approximate surface area is 219 Å². The van der Waals surface area contributed by atoms with Gasteiger partial charge in [0.25, 0.3) is 5.91 Å². The molecule has 0 aromatic heterocycles. The summed E-state index contributed by atoms with van der Waals surface area (Å²) in [6.45, 7) is 5.80. The van der Waals surface area contributed by atoms with Crippen LogP contribution in [-0.2, 0) is 14.3 Å². The average Bonchev–Trinajstić information content (AvgIpc) is 3.36. The first-order valence-electron chi connectivity index (χ1n) is 13.6. The molecule has 2 saturated carbocycles. The fourth-order valence-corrected chi connectivity index (χ4v) is 6.37. The number of amides is 2. The summed E-state index contributed by atoms with van der Waals surface area (Å²) in [7, 11) is 1.63. The Bertz CT molecular complexity index is 1100. The molecule has 4 aliphatic rings. The maximum atomic E-state index is 13.0. The van der Waals surface area contributed by atoms with Gasteiger partial charge in [0.1, 0.15) is 6.61 Å². The largest absolute Gasteiger partial charge is 0.387 e. The lowest BCUT2D eigenvalue weighted by Crippen LogP contribution is -2.63. The van der Waals surface area contributed by atoms with E-state index >= 15 is 0 Å². The molecular weight excluding hydrogens is 466 g/mol. The van der Waals surface area contributed by atoms with Crippen LogP contribution in [0.3, 0.4) is 0 Å². The fraction of sp³-hybridized carbons (Fsp3) is 0.533. The van der Waals surface area contributed by atoms with Gasteiger partial charge in [0.05, 0.1) is 23.8 Å². The van der Waals surface area contributed by atoms with Crippen molar-refractivity contribution in [3.8, 4) is 0 Å². The summed E-state index contributed by atoms with van der Waals surface area (Å²) in [4.78, 5) is 29.7. The molecule has 2 N–H and O–H groups in total. The van der Waals surface area contributed by atoms with Crippen molar-refractivity contribution in [2.24, 2.45) is 5.41 Å². The minimum atomic E-state index is -1.000. The first kappa shape index (κ1) is 25.7. The van der Waals surface area contributed by atoms with E-state index in [2.05, 4.69) is 11.9 Å². The van der Waals surface area contributed by atoms with Gasteiger partial charge in [-0.1, -0.05) is 49.8 Å². The van der Waals surface area contributed by atoms with Crippen molar-refractivity contribution in [3.63, 3.8) is 0 Å². The Morgan fingerprint density at radius 1 is 1.14 bits per heavy atom. The lowest BCUT2D eigenvalue weighted by atomic mass is 9.65. The smallest absolute Gasteiger partial charge is 0.253 e. The Morgan fingerprint density at radius 3 is 2.51 bits per heavy atom. The monoisotopic (exact) mass is 505 g/mol. The number of nitrogens with one attached hydrogen (secondary N) is 1. The van der Waals surface area contributed by atoms with Crippen LogP contribution in [0.25, 0.3) is 5.57 Å². The van der Waals surface area contributed by atoms with E-state index in [-0.39, 0.29) is 29.9 Å². The van der Waals surface area contributed by atoms with Gasteiger partial charge in [0.15, 0.2) is 0 Å². The van der Waals surface area contributed by atoms with Gasteiger partial charge in [0.2, 0.25) is 5.91 Å². The Hall–Kier alpha value is -2.90. The molecule has 7 nitrogen and oxygen atoms in total. The molecule has 1 unspecified atom stereocenters. The summed E-state index contributed by atoms with van der Waals surface area (Å²) < 4.78 is 5.80. The molecule has 0 bridgehead atoms. The van der Waals surface area contributed by atoms with Crippen molar-refractivity contribution in [2.45, 2.75) is 63.1 Å². The molecule has 1 aromatic rings. The molecule has 37 heavy (non-hydrogen) atoms. The van der Waals surface area contributed by atoms with Crippen molar-refractivity contribution < 1.29 is 19.4 Å². The molecule has 1 saturated heterocycles. The first-order valence-corrected chi connectivity index (χ1v) is 13.6. The normalized spacial score (nSPS) is 25.5. The predicted molar refractivity (Wildman–Crippen MR) is 143 cm³/mol. The van der Waals surface area contributed by atoms with Crippen molar-refractivity contribution in [3.05, 3.63) is 66.0 Å². The molecule has 2 heterocycles. The highest BCUT2D eigenvalue weighted by Gasteiger charge is 2.56. The number of allylic oxidation sites excluding steroid dienone is 1. The standard InChI is InChI=1S/C30H39N3O4/c1-22-17-25(23-9-4-3-5-10-23)26(28(35)31-2)18-33(22)21-30(36)15-16-32(20-29(30)13-6-7-14-29)27(34)19-37-24-11-8-12-24/h3-5,9-10,17-18,24,36H,1,6-8,11-16,19-21H2,2H3,(H,31,35). The Morgan fingerprint density at radius 2 is 1.86 bits per heavy atom. The third kappa shape index (κ3) is 4.99. The quantitative estimate of drug-likeness (QED) is 0.592. The number of rotatable bonds is 7. The molecule has 2 amide bonds. The first-order chi connectivity index (χ1) is 17.8. The summed E-state index contributed by atoms with van der Waals surface area (Å²) in [6.07, 6.45) is 11.6. The maximum absolute atomic E-state index is 13.0. The van der Waals surface area contributed by atoms with Crippen LogP contribution in [0.5, 0.6) is 0 Å². The van der Waals surface area contributed by atoms with E-state index in [1.165, 1.54) is 6.42 Å². The number of aliphatic hydroxyl groups is 1. The number of carbonyl (C=O) groups excluding carboxylic acids is 2. The van der Waals surface area contributed by atoms with Gasteiger partial charge < -0.3 is 25.0 Å². The fourth-order valence-electron chi connectivity index (χ4n) is 6.37. The summed E-state index contributed by atoms with van der Waals surface area (Å²) in [5.74, 6) is -0.151. The molecule has 7 heteroatoms. The second-order valence-corrected chi connectivity index (χ2v) is 11.1. The summed E-state index contributed by atoms with van der Waals surface area (Å²) in [6, 6.07) is 9.81.